The number of fused-ring (bicyclic) bond motifs is 1. The van der Waals surface area contributed by atoms with Crippen molar-refractivity contribution in [2.24, 2.45) is 0 Å². The zero-order valence-electron chi connectivity index (χ0n) is 12.8. The van der Waals surface area contributed by atoms with Gasteiger partial charge in [-0.3, -0.25) is 4.79 Å². The summed E-state index contributed by atoms with van der Waals surface area (Å²) in [4.78, 5) is 14.1. The number of benzene rings is 2. The SMILES string of the molecule is C[C@H]1CCc2cc(F)ccc2N1C(=O)COc1ccccc1F. The van der Waals surface area contributed by atoms with E-state index in [0.29, 0.717) is 5.69 Å². The van der Waals surface area contributed by atoms with Gasteiger partial charge in [-0.15, -0.1) is 0 Å². The zero-order chi connectivity index (χ0) is 16.4. The second kappa shape index (κ2) is 6.36. The molecule has 3 nitrogen and oxygen atoms in total. The molecule has 1 amide bonds. The molecule has 2 aromatic rings. The quantitative estimate of drug-likeness (QED) is 0.863. The Morgan fingerprint density at radius 2 is 2.04 bits per heavy atom. The highest BCUT2D eigenvalue weighted by atomic mass is 19.1. The summed E-state index contributed by atoms with van der Waals surface area (Å²) in [6, 6.07) is 10.4. The van der Waals surface area contributed by atoms with Crippen LogP contribution in [0.4, 0.5) is 14.5 Å². The number of rotatable bonds is 3. The summed E-state index contributed by atoms with van der Waals surface area (Å²) in [5.41, 5.74) is 1.51. The lowest BCUT2D eigenvalue weighted by Gasteiger charge is -2.35. The highest BCUT2D eigenvalue weighted by molar-refractivity contribution is 5.96. The highest BCUT2D eigenvalue weighted by Gasteiger charge is 2.28. The first-order valence-corrected chi connectivity index (χ1v) is 7.54. The van der Waals surface area contributed by atoms with E-state index in [-0.39, 0.29) is 30.1 Å². The Kier molecular flexibility index (Phi) is 4.28. The summed E-state index contributed by atoms with van der Waals surface area (Å²) in [5.74, 6) is -1.04. The molecule has 2 aromatic carbocycles. The van der Waals surface area contributed by atoms with E-state index in [1.165, 1.54) is 24.3 Å². The number of nitrogens with zero attached hydrogens (tertiary/aromatic N) is 1. The van der Waals surface area contributed by atoms with Crippen molar-refractivity contribution in [3.05, 3.63) is 59.7 Å². The minimum absolute atomic E-state index is 0.00955. The Morgan fingerprint density at radius 3 is 2.83 bits per heavy atom. The average Bonchev–Trinajstić information content (AvgIpc) is 2.54. The maximum Gasteiger partial charge on any atom is 0.265 e. The van der Waals surface area contributed by atoms with E-state index < -0.39 is 5.82 Å². The van der Waals surface area contributed by atoms with Crippen LogP contribution in [0.15, 0.2) is 42.5 Å². The molecule has 0 spiro atoms. The normalized spacial score (nSPS) is 16.8. The molecule has 0 bridgehead atoms. The van der Waals surface area contributed by atoms with Crippen molar-refractivity contribution in [2.75, 3.05) is 11.5 Å². The van der Waals surface area contributed by atoms with E-state index in [0.717, 1.165) is 18.4 Å². The van der Waals surface area contributed by atoms with Crippen molar-refractivity contribution in [1.82, 2.24) is 0 Å². The van der Waals surface area contributed by atoms with Gasteiger partial charge in [0, 0.05) is 11.7 Å². The third-order valence-electron chi connectivity index (χ3n) is 4.03. The number of amides is 1. The summed E-state index contributed by atoms with van der Waals surface area (Å²) in [5, 5.41) is 0. The van der Waals surface area contributed by atoms with Crippen molar-refractivity contribution in [1.29, 1.82) is 0 Å². The first-order valence-electron chi connectivity index (χ1n) is 7.54. The number of carbonyl (C=O) groups is 1. The third-order valence-corrected chi connectivity index (χ3v) is 4.03. The van der Waals surface area contributed by atoms with Crippen LogP contribution in [0.1, 0.15) is 18.9 Å². The number of ether oxygens (including phenoxy) is 1. The van der Waals surface area contributed by atoms with Crippen LogP contribution < -0.4 is 9.64 Å². The fraction of sp³-hybridized carbons (Fsp3) is 0.278. The van der Waals surface area contributed by atoms with E-state index >= 15 is 0 Å². The fourth-order valence-corrected chi connectivity index (χ4v) is 2.87. The molecular formula is C18H17F2NO2. The molecule has 0 N–H and O–H groups in total. The predicted molar refractivity (Wildman–Crippen MR) is 83.6 cm³/mol. The minimum atomic E-state index is -0.505. The predicted octanol–water partition coefficient (Wildman–Crippen LogP) is 3.71. The summed E-state index contributed by atoms with van der Waals surface area (Å²) < 4.78 is 32.2. The van der Waals surface area contributed by atoms with Gasteiger partial charge in [-0.05, 0) is 55.7 Å². The van der Waals surface area contributed by atoms with Crippen LogP contribution in [0.2, 0.25) is 0 Å². The second-order valence-electron chi connectivity index (χ2n) is 5.64. The Labute approximate surface area is 133 Å². The van der Waals surface area contributed by atoms with E-state index in [1.54, 1.807) is 23.1 Å². The second-order valence-corrected chi connectivity index (χ2v) is 5.64. The van der Waals surface area contributed by atoms with E-state index in [4.69, 9.17) is 4.74 Å². The summed E-state index contributed by atoms with van der Waals surface area (Å²) in [6.07, 6.45) is 1.48. The Bertz CT molecular complexity index is 733. The Morgan fingerprint density at radius 1 is 1.26 bits per heavy atom. The number of anilines is 1. The van der Waals surface area contributed by atoms with Crippen LogP contribution in [0, 0.1) is 11.6 Å². The van der Waals surface area contributed by atoms with Gasteiger partial charge < -0.3 is 9.64 Å². The monoisotopic (exact) mass is 317 g/mol. The molecule has 0 aromatic heterocycles. The van der Waals surface area contributed by atoms with Crippen molar-refractivity contribution >= 4 is 11.6 Å². The topological polar surface area (TPSA) is 29.5 Å². The van der Waals surface area contributed by atoms with E-state index in [2.05, 4.69) is 0 Å². The lowest BCUT2D eigenvalue weighted by Crippen LogP contribution is -2.44. The number of para-hydroxylation sites is 1. The van der Waals surface area contributed by atoms with Gasteiger partial charge in [-0.25, -0.2) is 8.78 Å². The first kappa shape index (κ1) is 15.5. The largest absolute Gasteiger partial charge is 0.481 e. The van der Waals surface area contributed by atoms with Crippen LogP contribution in [0.25, 0.3) is 0 Å². The lowest BCUT2D eigenvalue weighted by atomic mass is 9.96. The third kappa shape index (κ3) is 3.18. The first-order chi connectivity index (χ1) is 11.1. The van der Waals surface area contributed by atoms with E-state index in [1.807, 2.05) is 6.92 Å². The summed E-state index contributed by atoms with van der Waals surface area (Å²) in [6.45, 7) is 1.68. The molecule has 1 aliphatic rings. The standard InChI is InChI=1S/C18H17F2NO2/c1-12-6-7-13-10-14(19)8-9-16(13)21(12)18(22)11-23-17-5-3-2-4-15(17)20/h2-5,8-10,12H,6-7,11H2,1H3/t12-/m0/s1. The van der Waals surface area contributed by atoms with Crippen LogP contribution in [0.3, 0.4) is 0 Å². The number of carbonyl (C=O) groups excluding carboxylic acids is 1. The highest BCUT2D eigenvalue weighted by Crippen LogP contribution is 2.31. The summed E-state index contributed by atoms with van der Waals surface area (Å²) >= 11 is 0. The van der Waals surface area contributed by atoms with E-state index in [9.17, 15) is 13.6 Å². The maximum atomic E-state index is 13.6. The fourth-order valence-electron chi connectivity index (χ4n) is 2.87. The van der Waals surface area contributed by atoms with Gasteiger partial charge in [0.2, 0.25) is 0 Å². The van der Waals surface area contributed by atoms with Gasteiger partial charge in [-0.1, -0.05) is 12.1 Å². The Hall–Kier alpha value is -2.43. The molecule has 0 radical (unpaired) electrons. The van der Waals surface area contributed by atoms with Crippen molar-refractivity contribution in [3.63, 3.8) is 0 Å². The molecule has 1 atom stereocenters. The zero-order valence-corrected chi connectivity index (χ0v) is 12.8. The number of hydrogen-bond acceptors (Lipinski definition) is 2. The number of aryl methyl sites for hydroxylation is 1. The summed E-state index contributed by atoms with van der Waals surface area (Å²) in [7, 11) is 0. The number of hydrogen-bond donors (Lipinski definition) is 0. The molecule has 3 rings (SSSR count). The molecule has 0 saturated carbocycles. The molecule has 120 valence electrons. The smallest absolute Gasteiger partial charge is 0.265 e. The van der Waals surface area contributed by atoms with Crippen LogP contribution in [-0.4, -0.2) is 18.6 Å². The Balaban J connectivity index is 1.78. The van der Waals surface area contributed by atoms with Crippen molar-refractivity contribution in [2.45, 2.75) is 25.8 Å². The molecular weight excluding hydrogens is 300 g/mol. The van der Waals surface area contributed by atoms with Crippen LogP contribution in [-0.2, 0) is 11.2 Å². The number of halogens is 2. The molecule has 23 heavy (non-hydrogen) atoms. The van der Waals surface area contributed by atoms with Gasteiger partial charge in [0.15, 0.2) is 18.2 Å². The van der Waals surface area contributed by atoms with Crippen molar-refractivity contribution in [3.8, 4) is 5.75 Å². The van der Waals surface area contributed by atoms with Gasteiger partial charge in [0.1, 0.15) is 5.82 Å². The van der Waals surface area contributed by atoms with Crippen molar-refractivity contribution < 1.29 is 18.3 Å². The molecule has 1 aliphatic heterocycles. The molecule has 5 heteroatoms. The molecule has 0 saturated heterocycles. The molecule has 0 fully saturated rings. The van der Waals surface area contributed by atoms with Gasteiger partial charge in [-0.2, -0.15) is 0 Å². The molecule has 0 aliphatic carbocycles. The van der Waals surface area contributed by atoms with Crippen LogP contribution in [0.5, 0.6) is 5.75 Å². The van der Waals surface area contributed by atoms with Crippen LogP contribution >= 0.6 is 0 Å². The van der Waals surface area contributed by atoms with Gasteiger partial charge in [0.05, 0.1) is 0 Å². The van der Waals surface area contributed by atoms with Gasteiger partial charge in [0.25, 0.3) is 5.91 Å². The lowest BCUT2D eigenvalue weighted by molar-refractivity contribution is -0.121. The minimum Gasteiger partial charge on any atom is -0.481 e. The molecule has 0 unspecified atom stereocenters. The average molecular weight is 317 g/mol. The maximum absolute atomic E-state index is 13.6. The molecule has 1 heterocycles. The van der Waals surface area contributed by atoms with Gasteiger partial charge >= 0.3 is 0 Å².